The van der Waals surface area contributed by atoms with Crippen molar-refractivity contribution in [3.63, 3.8) is 0 Å². The highest BCUT2D eigenvalue weighted by Crippen LogP contribution is 2.26. The molecule has 0 aliphatic carbocycles. The van der Waals surface area contributed by atoms with Gasteiger partial charge in [-0.05, 0) is 42.8 Å². The molecule has 0 heterocycles. The van der Waals surface area contributed by atoms with E-state index in [1.807, 2.05) is 13.0 Å². The van der Waals surface area contributed by atoms with Crippen LogP contribution in [0.5, 0.6) is 5.75 Å². The Morgan fingerprint density at radius 2 is 2.00 bits per heavy atom. The molecule has 5 heteroatoms. The summed E-state index contributed by atoms with van der Waals surface area (Å²) in [7, 11) is 0. The number of hydrogen-bond donors (Lipinski definition) is 1. The van der Waals surface area contributed by atoms with E-state index >= 15 is 0 Å². The molecule has 0 aliphatic rings. The molecular formula is C16H15Cl2NO2. The molecule has 3 nitrogen and oxygen atoms in total. The molecule has 0 aliphatic heterocycles. The Morgan fingerprint density at radius 3 is 2.71 bits per heavy atom. The second-order valence-corrected chi connectivity index (χ2v) is 5.30. The number of benzene rings is 2. The van der Waals surface area contributed by atoms with Crippen molar-refractivity contribution in [3.8, 4) is 5.75 Å². The molecule has 0 aromatic heterocycles. The molecule has 1 amide bonds. The molecule has 2 aromatic rings. The van der Waals surface area contributed by atoms with Crippen LogP contribution in [-0.4, -0.2) is 12.5 Å². The second kappa shape index (κ2) is 7.34. The number of amides is 1. The maximum absolute atomic E-state index is 12.2. The third-order valence-corrected chi connectivity index (χ3v) is 3.30. The van der Waals surface area contributed by atoms with Gasteiger partial charge in [-0.15, -0.1) is 0 Å². The Balaban J connectivity index is 2.12. The van der Waals surface area contributed by atoms with Crippen LogP contribution >= 0.6 is 23.2 Å². The van der Waals surface area contributed by atoms with Gasteiger partial charge >= 0.3 is 0 Å². The normalized spacial score (nSPS) is 10.2. The van der Waals surface area contributed by atoms with Crippen molar-refractivity contribution in [1.82, 2.24) is 0 Å². The Hall–Kier alpha value is -1.71. The first-order valence-electron chi connectivity index (χ1n) is 6.59. The van der Waals surface area contributed by atoms with E-state index in [2.05, 4.69) is 5.32 Å². The third-order valence-electron chi connectivity index (χ3n) is 2.75. The predicted molar refractivity (Wildman–Crippen MR) is 86.6 cm³/mol. The number of rotatable bonds is 5. The monoisotopic (exact) mass is 323 g/mol. The van der Waals surface area contributed by atoms with Crippen LogP contribution < -0.4 is 10.1 Å². The first-order chi connectivity index (χ1) is 10.1. The van der Waals surface area contributed by atoms with Crippen LogP contribution in [0.15, 0.2) is 42.5 Å². The number of ether oxygens (including phenoxy) is 1. The topological polar surface area (TPSA) is 38.3 Å². The number of carbonyl (C=O) groups excluding carboxylic acids is 1. The molecule has 1 N–H and O–H groups in total. The van der Waals surface area contributed by atoms with Gasteiger partial charge in [0.2, 0.25) is 0 Å². The largest absolute Gasteiger partial charge is 0.494 e. The Morgan fingerprint density at radius 1 is 1.19 bits per heavy atom. The molecule has 0 radical (unpaired) electrons. The van der Waals surface area contributed by atoms with E-state index in [1.165, 1.54) is 0 Å². The van der Waals surface area contributed by atoms with E-state index < -0.39 is 0 Å². The molecule has 0 spiro atoms. The smallest absolute Gasteiger partial charge is 0.255 e. The average Bonchev–Trinajstić information content (AvgIpc) is 2.48. The fourth-order valence-corrected chi connectivity index (χ4v) is 2.19. The maximum atomic E-state index is 12.2. The Kier molecular flexibility index (Phi) is 5.48. The van der Waals surface area contributed by atoms with Gasteiger partial charge in [-0.1, -0.05) is 36.2 Å². The van der Waals surface area contributed by atoms with Crippen LogP contribution in [0.3, 0.4) is 0 Å². The molecular weight excluding hydrogens is 309 g/mol. The van der Waals surface area contributed by atoms with Crippen LogP contribution in [0.4, 0.5) is 5.69 Å². The molecule has 0 atom stereocenters. The lowest BCUT2D eigenvalue weighted by molar-refractivity contribution is 0.102. The molecule has 21 heavy (non-hydrogen) atoms. The quantitative estimate of drug-likeness (QED) is 0.837. The van der Waals surface area contributed by atoms with Gasteiger partial charge < -0.3 is 10.1 Å². The van der Waals surface area contributed by atoms with Crippen LogP contribution in [0, 0.1) is 0 Å². The van der Waals surface area contributed by atoms with Crippen molar-refractivity contribution in [3.05, 3.63) is 58.1 Å². The lowest BCUT2D eigenvalue weighted by Gasteiger charge is -2.09. The number of anilines is 1. The van der Waals surface area contributed by atoms with Crippen LogP contribution in [0.25, 0.3) is 0 Å². The predicted octanol–water partition coefficient (Wildman–Crippen LogP) is 5.03. The van der Waals surface area contributed by atoms with E-state index in [9.17, 15) is 4.79 Å². The Labute approximate surface area is 133 Å². The highest BCUT2D eigenvalue weighted by atomic mass is 35.5. The first-order valence-corrected chi connectivity index (χ1v) is 7.35. The summed E-state index contributed by atoms with van der Waals surface area (Å²) in [6.45, 7) is 2.65. The van der Waals surface area contributed by atoms with Gasteiger partial charge in [0, 0.05) is 10.6 Å². The summed E-state index contributed by atoms with van der Waals surface area (Å²) in [5.74, 6) is 0.424. The van der Waals surface area contributed by atoms with Gasteiger partial charge in [-0.3, -0.25) is 4.79 Å². The summed E-state index contributed by atoms with van der Waals surface area (Å²) in [6, 6.07) is 11.9. The molecule has 0 saturated heterocycles. The van der Waals surface area contributed by atoms with Gasteiger partial charge in [-0.2, -0.15) is 0 Å². The van der Waals surface area contributed by atoms with Gasteiger partial charge in [0.05, 0.1) is 17.3 Å². The van der Waals surface area contributed by atoms with Crippen LogP contribution in [-0.2, 0) is 0 Å². The zero-order valence-corrected chi connectivity index (χ0v) is 13.0. The summed E-state index contributed by atoms with van der Waals surface area (Å²) in [4.78, 5) is 12.2. The molecule has 0 saturated carbocycles. The van der Waals surface area contributed by atoms with E-state index in [1.54, 1.807) is 36.4 Å². The first kappa shape index (κ1) is 15.7. The van der Waals surface area contributed by atoms with Crippen LogP contribution in [0.1, 0.15) is 23.7 Å². The van der Waals surface area contributed by atoms with Crippen molar-refractivity contribution in [2.24, 2.45) is 0 Å². The third kappa shape index (κ3) is 4.38. The van der Waals surface area contributed by atoms with Crippen molar-refractivity contribution in [2.45, 2.75) is 13.3 Å². The molecule has 0 bridgehead atoms. The molecule has 2 rings (SSSR count). The fourth-order valence-electron chi connectivity index (χ4n) is 1.73. The summed E-state index contributed by atoms with van der Waals surface area (Å²) in [5, 5.41) is 3.67. The van der Waals surface area contributed by atoms with E-state index in [4.69, 9.17) is 27.9 Å². The van der Waals surface area contributed by atoms with Crippen LogP contribution in [0.2, 0.25) is 10.0 Å². The van der Waals surface area contributed by atoms with Gasteiger partial charge in [-0.25, -0.2) is 0 Å². The minimum Gasteiger partial charge on any atom is -0.494 e. The van der Waals surface area contributed by atoms with Crippen molar-refractivity contribution in [1.29, 1.82) is 0 Å². The zero-order chi connectivity index (χ0) is 15.2. The molecule has 110 valence electrons. The summed E-state index contributed by atoms with van der Waals surface area (Å²) < 4.78 is 5.51. The molecule has 0 unspecified atom stereocenters. The number of hydrogen-bond acceptors (Lipinski definition) is 2. The van der Waals surface area contributed by atoms with Crippen molar-refractivity contribution >= 4 is 34.8 Å². The van der Waals surface area contributed by atoms with Gasteiger partial charge in [0.1, 0.15) is 5.75 Å². The molecule has 0 fully saturated rings. The minimum atomic E-state index is -0.249. The summed E-state index contributed by atoms with van der Waals surface area (Å²) in [6.07, 6.45) is 0.913. The number of nitrogens with one attached hydrogen (secondary N) is 1. The summed E-state index contributed by atoms with van der Waals surface area (Å²) >= 11 is 11.9. The standard InChI is InChI=1S/C16H15Cl2NO2/c1-2-8-21-13-5-3-4-11(9-13)16(20)19-15-7-6-12(17)10-14(15)18/h3-7,9-10H,2,8H2,1H3,(H,19,20). The van der Waals surface area contributed by atoms with Crippen molar-refractivity contribution in [2.75, 3.05) is 11.9 Å². The number of halogens is 2. The van der Waals surface area contributed by atoms with E-state index in [0.29, 0.717) is 33.7 Å². The number of carbonyl (C=O) groups is 1. The Bertz CT molecular complexity index is 644. The van der Waals surface area contributed by atoms with Gasteiger partial charge in [0.15, 0.2) is 0 Å². The maximum Gasteiger partial charge on any atom is 0.255 e. The SMILES string of the molecule is CCCOc1cccc(C(=O)Nc2ccc(Cl)cc2Cl)c1. The zero-order valence-electron chi connectivity index (χ0n) is 11.5. The molecule has 2 aromatic carbocycles. The second-order valence-electron chi connectivity index (χ2n) is 4.45. The van der Waals surface area contributed by atoms with E-state index in [0.717, 1.165) is 6.42 Å². The average molecular weight is 324 g/mol. The fraction of sp³-hybridized carbons (Fsp3) is 0.188. The lowest BCUT2D eigenvalue weighted by Crippen LogP contribution is -2.12. The summed E-state index contributed by atoms with van der Waals surface area (Å²) in [5.41, 5.74) is 1.03. The highest BCUT2D eigenvalue weighted by Gasteiger charge is 2.09. The highest BCUT2D eigenvalue weighted by molar-refractivity contribution is 6.36. The van der Waals surface area contributed by atoms with E-state index in [-0.39, 0.29) is 5.91 Å². The lowest BCUT2D eigenvalue weighted by atomic mass is 10.2. The minimum absolute atomic E-state index is 0.249. The van der Waals surface area contributed by atoms with Gasteiger partial charge in [0.25, 0.3) is 5.91 Å². The van der Waals surface area contributed by atoms with Crippen molar-refractivity contribution < 1.29 is 9.53 Å².